The number of thiophene rings is 3. The minimum atomic E-state index is -1.82. The van der Waals surface area contributed by atoms with Gasteiger partial charge < -0.3 is 20.1 Å². The molecule has 1 fully saturated rings. The van der Waals surface area contributed by atoms with Crippen LogP contribution in [0.3, 0.4) is 0 Å². The third kappa shape index (κ3) is 6.73. The number of ether oxygens (including phenoxy) is 1. The Hall–Kier alpha value is -2.57. The van der Waals surface area contributed by atoms with Crippen LogP contribution in [0.1, 0.15) is 27.5 Å². The molecule has 1 aliphatic rings. The molecular formula is C23H25NO7S3. The molecule has 1 aliphatic heterocycles. The standard InChI is InChI=1S/C21H23NO3S3.C2H2O4/c23-20(21(24,18-7-3-13-27-18)19-8-4-14-28-19)25-16-9-11-22(15-16)10-1-5-17-6-2-12-26-17;3-1(4)2(5)6/h2-4,6-8,12-14,16,24H,1,5,9-11,15H2;(H,3,4)(H,5,6)/t16-;/m1./s1. The van der Waals surface area contributed by atoms with E-state index in [-0.39, 0.29) is 6.10 Å². The molecule has 3 aromatic rings. The topological polar surface area (TPSA) is 124 Å². The first kappa shape index (κ1) is 26.0. The third-order valence-electron chi connectivity index (χ3n) is 5.21. The van der Waals surface area contributed by atoms with Crippen LogP contribution in [0.5, 0.6) is 0 Å². The molecule has 0 spiro atoms. The lowest BCUT2D eigenvalue weighted by Gasteiger charge is -2.26. The van der Waals surface area contributed by atoms with Crippen molar-refractivity contribution in [3.63, 3.8) is 0 Å². The Kier molecular flexibility index (Phi) is 9.36. The van der Waals surface area contributed by atoms with Gasteiger partial charge in [-0.2, -0.15) is 0 Å². The second-order valence-corrected chi connectivity index (χ2v) is 10.5. The molecule has 0 amide bonds. The minimum absolute atomic E-state index is 0.166. The van der Waals surface area contributed by atoms with Gasteiger partial charge >= 0.3 is 17.9 Å². The molecule has 1 saturated heterocycles. The van der Waals surface area contributed by atoms with Crippen molar-refractivity contribution >= 4 is 51.9 Å². The summed E-state index contributed by atoms with van der Waals surface area (Å²) in [5.74, 6) is -4.21. The van der Waals surface area contributed by atoms with E-state index in [1.165, 1.54) is 27.6 Å². The molecule has 3 N–H and O–H groups in total. The van der Waals surface area contributed by atoms with Crippen LogP contribution in [0.25, 0.3) is 0 Å². The normalized spacial score (nSPS) is 16.0. The molecule has 8 nitrogen and oxygen atoms in total. The van der Waals surface area contributed by atoms with Gasteiger partial charge in [0.2, 0.25) is 5.60 Å². The van der Waals surface area contributed by atoms with Crippen molar-refractivity contribution < 1.29 is 34.4 Å². The Morgan fingerprint density at radius 2 is 1.56 bits per heavy atom. The van der Waals surface area contributed by atoms with Gasteiger partial charge in [0.05, 0.1) is 9.75 Å². The molecule has 34 heavy (non-hydrogen) atoms. The van der Waals surface area contributed by atoms with Gasteiger partial charge in [0.25, 0.3) is 0 Å². The molecule has 0 unspecified atom stereocenters. The van der Waals surface area contributed by atoms with Gasteiger partial charge in [-0.15, -0.1) is 34.0 Å². The molecule has 0 radical (unpaired) electrons. The molecular weight excluding hydrogens is 498 g/mol. The number of aliphatic carboxylic acids is 2. The van der Waals surface area contributed by atoms with Crippen LogP contribution in [0.2, 0.25) is 0 Å². The van der Waals surface area contributed by atoms with Gasteiger partial charge in [-0.3, -0.25) is 4.90 Å². The summed E-state index contributed by atoms with van der Waals surface area (Å²) in [6.45, 7) is 2.67. The molecule has 0 aliphatic carbocycles. The third-order valence-corrected chi connectivity index (χ3v) is 8.11. The average Bonchev–Trinajstić information content (AvgIpc) is 3.62. The predicted molar refractivity (Wildman–Crippen MR) is 130 cm³/mol. The zero-order valence-corrected chi connectivity index (χ0v) is 20.6. The number of hydrogen-bond donors (Lipinski definition) is 3. The summed E-state index contributed by atoms with van der Waals surface area (Å²) in [6, 6.07) is 11.5. The van der Waals surface area contributed by atoms with Crippen molar-refractivity contribution in [2.45, 2.75) is 31.0 Å². The van der Waals surface area contributed by atoms with E-state index in [2.05, 4.69) is 22.4 Å². The Balaban J connectivity index is 0.000000481. The first-order chi connectivity index (χ1) is 16.3. The number of carbonyl (C=O) groups is 3. The van der Waals surface area contributed by atoms with Crippen molar-refractivity contribution in [3.8, 4) is 0 Å². The van der Waals surface area contributed by atoms with Gasteiger partial charge in [0.15, 0.2) is 0 Å². The first-order valence-corrected chi connectivity index (χ1v) is 13.2. The number of likely N-dealkylation sites (tertiary alicyclic amines) is 1. The van der Waals surface area contributed by atoms with Gasteiger partial charge in [0, 0.05) is 18.0 Å². The lowest BCUT2D eigenvalue weighted by atomic mass is 10.00. The Morgan fingerprint density at radius 1 is 0.971 bits per heavy atom. The molecule has 3 aromatic heterocycles. The van der Waals surface area contributed by atoms with Crippen LogP contribution in [-0.4, -0.2) is 63.9 Å². The van der Waals surface area contributed by atoms with E-state index in [0.717, 1.165) is 38.9 Å². The van der Waals surface area contributed by atoms with Gasteiger partial charge in [-0.05, 0) is 60.1 Å². The van der Waals surface area contributed by atoms with E-state index in [4.69, 9.17) is 24.5 Å². The summed E-state index contributed by atoms with van der Waals surface area (Å²) >= 11 is 4.54. The van der Waals surface area contributed by atoms with Crippen LogP contribution < -0.4 is 0 Å². The fraction of sp³-hybridized carbons (Fsp3) is 0.348. The summed E-state index contributed by atoms with van der Waals surface area (Å²) in [4.78, 5) is 36.2. The molecule has 0 saturated carbocycles. The average molecular weight is 524 g/mol. The number of carboxylic acids is 2. The molecule has 4 rings (SSSR count). The monoisotopic (exact) mass is 523 g/mol. The highest BCUT2D eigenvalue weighted by atomic mass is 32.1. The van der Waals surface area contributed by atoms with Crippen molar-refractivity contribution in [1.82, 2.24) is 4.90 Å². The van der Waals surface area contributed by atoms with Crippen molar-refractivity contribution in [2.24, 2.45) is 0 Å². The zero-order valence-electron chi connectivity index (χ0n) is 18.2. The highest BCUT2D eigenvalue weighted by Crippen LogP contribution is 2.37. The van der Waals surface area contributed by atoms with E-state index in [1.807, 2.05) is 22.9 Å². The number of carbonyl (C=O) groups excluding carboxylic acids is 1. The van der Waals surface area contributed by atoms with E-state index >= 15 is 0 Å². The minimum Gasteiger partial charge on any atom is -0.473 e. The number of aliphatic hydroxyl groups is 1. The number of rotatable bonds is 8. The largest absolute Gasteiger partial charge is 0.473 e. The SMILES string of the molecule is O=C(O)C(=O)O.O=C(O[C@@H]1CCN(CCCc2cccs2)C1)C(O)(c1cccs1)c1cccs1. The smallest absolute Gasteiger partial charge is 0.414 e. The van der Waals surface area contributed by atoms with Crippen molar-refractivity contribution in [3.05, 3.63) is 67.2 Å². The molecule has 11 heteroatoms. The maximum atomic E-state index is 13.0. The summed E-state index contributed by atoms with van der Waals surface area (Å²) < 4.78 is 5.79. The second kappa shape index (κ2) is 12.2. The van der Waals surface area contributed by atoms with Crippen LogP contribution >= 0.6 is 34.0 Å². The van der Waals surface area contributed by atoms with E-state index in [1.54, 1.807) is 23.5 Å². The van der Waals surface area contributed by atoms with E-state index in [0.29, 0.717) is 9.75 Å². The quantitative estimate of drug-likeness (QED) is 0.303. The Bertz CT molecular complexity index is 1000. The van der Waals surface area contributed by atoms with Crippen molar-refractivity contribution in [1.29, 1.82) is 0 Å². The van der Waals surface area contributed by atoms with Gasteiger partial charge in [0.1, 0.15) is 6.10 Å². The van der Waals surface area contributed by atoms with Crippen molar-refractivity contribution in [2.75, 3.05) is 19.6 Å². The summed E-state index contributed by atoms with van der Waals surface area (Å²) in [5.41, 5.74) is -1.71. The van der Waals surface area contributed by atoms with E-state index in [9.17, 15) is 9.90 Å². The van der Waals surface area contributed by atoms with Crippen LogP contribution in [0.4, 0.5) is 0 Å². The molecule has 4 heterocycles. The number of carboxylic acid groups (broad SMARTS) is 2. The lowest BCUT2D eigenvalue weighted by Crippen LogP contribution is -2.39. The fourth-order valence-electron chi connectivity index (χ4n) is 3.56. The number of hydrogen-bond acceptors (Lipinski definition) is 9. The highest BCUT2D eigenvalue weighted by Gasteiger charge is 2.45. The lowest BCUT2D eigenvalue weighted by molar-refractivity contribution is -0.166. The van der Waals surface area contributed by atoms with Gasteiger partial charge in [-0.25, -0.2) is 14.4 Å². The fourth-order valence-corrected chi connectivity index (χ4v) is 6.02. The number of aryl methyl sites for hydroxylation is 1. The molecule has 0 aromatic carbocycles. The summed E-state index contributed by atoms with van der Waals surface area (Å²) in [6.07, 6.45) is 2.85. The maximum Gasteiger partial charge on any atom is 0.414 e. The number of esters is 1. The van der Waals surface area contributed by atoms with Crippen LogP contribution in [0, 0.1) is 0 Å². The second-order valence-electron chi connectivity index (χ2n) is 7.57. The highest BCUT2D eigenvalue weighted by molar-refractivity contribution is 7.12. The zero-order chi connectivity index (χ0) is 24.6. The summed E-state index contributed by atoms with van der Waals surface area (Å²) in [7, 11) is 0. The van der Waals surface area contributed by atoms with Crippen LogP contribution in [-0.2, 0) is 31.1 Å². The first-order valence-electron chi connectivity index (χ1n) is 10.5. The predicted octanol–water partition coefficient (Wildman–Crippen LogP) is 3.51. The molecule has 0 bridgehead atoms. The van der Waals surface area contributed by atoms with Gasteiger partial charge in [-0.1, -0.05) is 18.2 Å². The Labute approximate surface area is 208 Å². The molecule has 182 valence electrons. The summed E-state index contributed by atoms with van der Waals surface area (Å²) in [5, 5.41) is 31.9. The van der Waals surface area contributed by atoms with Crippen LogP contribution in [0.15, 0.2) is 52.5 Å². The molecule has 1 atom stereocenters. The number of nitrogens with zero attached hydrogens (tertiary/aromatic N) is 1. The maximum absolute atomic E-state index is 13.0. The Morgan fingerprint density at radius 3 is 2.06 bits per heavy atom. The van der Waals surface area contributed by atoms with E-state index < -0.39 is 23.5 Å².